The average molecular weight is 117 g/mol. The van der Waals surface area contributed by atoms with E-state index in [1.165, 1.54) is 0 Å². The Balaban J connectivity index is 3.07. The zero-order valence-electron chi connectivity index (χ0n) is 5.72. The average Bonchev–Trinajstić information content (AvgIpc) is 1.83. The highest BCUT2D eigenvalue weighted by Crippen LogP contribution is 1.77. The molecule has 0 aromatic heterocycles. The number of hydrogen-bond donors (Lipinski definition) is 1. The van der Waals surface area contributed by atoms with Crippen molar-refractivity contribution in [1.29, 1.82) is 0 Å². The largest absolute Gasteiger partial charge is 0.390 e. The van der Waals surface area contributed by atoms with Gasteiger partial charge in [-0.2, -0.15) is 4.90 Å². The Kier molecular flexibility index (Phi) is 5.01. The Bertz CT molecular complexity index is 43.8. The van der Waals surface area contributed by atoms with Crippen molar-refractivity contribution in [2.45, 2.75) is 13.8 Å². The molecule has 0 aliphatic rings. The third kappa shape index (κ3) is 2.99. The highest BCUT2D eigenvalue weighted by atomic mass is 16.3. The summed E-state index contributed by atoms with van der Waals surface area (Å²) >= 11 is 0. The standard InChI is InChI=1S/C6H15NO/c1-3-7(4-2)5-6-8/h8H,3-6H2,1-2H3/q+1. The van der Waals surface area contributed by atoms with Gasteiger partial charge in [-0.05, 0) is 13.8 Å². The molecule has 0 aliphatic carbocycles. The second-order valence-corrected chi connectivity index (χ2v) is 1.75. The number of nitrogens with zero attached hydrogens (tertiary/aromatic N) is 1. The summed E-state index contributed by atoms with van der Waals surface area (Å²) in [5.41, 5.74) is 0. The van der Waals surface area contributed by atoms with E-state index in [4.69, 9.17) is 5.11 Å². The van der Waals surface area contributed by atoms with Crippen LogP contribution in [0.5, 0.6) is 0 Å². The molecule has 1 N–H and O–H groups in total. The smallest absolute Gasteiger partial charge is 0.145 e. The van der Waals surface area contributed by atoms with E-state index in [1.807, 2.05) is 0 Å². The zero-order valence-corrected chi connectivity index (χ0v) is 5.72. The molecular weight excluding hydrogens is 102 g/mol. The van der Waals surface area contributed by atoms with Crippen molar-refractivity contribution in [1.82, 2.24) is 4.90 Å². The Morgan fingerprint density at radius 3 is 1.88 bits per heavy atom. The summed E-state index contributed by atoms with van der Waals surface area (Å²) < 4.78 is 0. The topological polar surface area (TPSA) is 26.1 Å². The van der Waals surface area contributed by atoms with E-state index >= 15 is 0 Å². The van der Waals surface area contributed by atoms with E-state index < -0.39 is 0 Å². The van der Waals surface area contributed by atoms with E-state index in [2.05, 4.69) is 18.7 Å². The third-order valence-electron chi connectivity index (χ3n) is 1.31. The van der Waals surface area contributed by atoms with E-state index in [-0.39, 0.29) is 6.61 Å². The fourth-order valence-corrected chi connectivity index (χ4v) is 0.681. The predicted octanol–water partition coefficient (Wildman–Crippen LogP) is 0.159. The van der Waals surface area contributed by atoms with Crippen molar-refractivity contribution >= 4 is 0 Å². The lowest BCUT2D eigenvalue weighted by atomic mass is 10.5. The van der Waals surface area contributed by atoms with Crippen molar-refractivity contribution < 1.29 is 5.11 Å². The minimum absolute atomic E-state index is 0.279. The van der Waals surface area contributed by atoms with Gasteiger partial charge in [-0.1, -0.05) is 0 Å². The first kappa shape index (κ1) is 7.92. The predicted molar refractivity (Wildman–Crippen MR) is 35.2 cm³/mol. The van der Waals surface area contributed by atoms with Crippen LogP contribution in [0.4, 0.5) is 0 Å². The molecule has 2 nitrogen and oxygen atoms in total. The summed E-state index contributed by atoms with van der Waals surface area (Å²) in [5, 5.41) is 8.46. The van der Waals surface area contributed by atoms with Crippen molar-refractivity contribution in [3.05, 3.63) is 0 Å². The number of aliphatic hydroxyl groups is 1. The first-order chi connectivity index (χ1) is 3.85. The summed E-state index contributed by atoms with van der Waals surface area (Å²) in [6, 6.07) is 0. The summed E-state index contributed by atoms with van der Waals surface area (Å²) in [6.07, 6.45) is 0. The van der Waals surface area contributed by atoms with Crippen LogP contribution in [0.3, 0.4) is 0 Å². The third-order valence-corrected chi connectivity index (χ3v) is 1.31. The van der Waals surface area contributed by atoms with Crippen molar-refractivity contribution in [2.24, 2.45) is 0 Å². The number of hydrogen-bond acceptors (Lipinski definition) is 2. The molecule has 0 fully saturated rings. The first-order valence-corrected chi connectivity index (χ1v) is 3.18. The summed E-state index contributed by atoms with van der Waals surface area (Å²) in [5.74, 6) is 0. The molecule has 0 aromatic carbocycles. The van der Waals surface area contributed by atoms with Gasteiger partial charge in [-0.25, -0.2) is 0 Å². The summed E-state index contributed by atoms with van der Waals surface area (Å²) in [4.78, 5) is 2.18. The van der Waals surface area contributed by atoms with Gasteiger partial charge in [0.25, 0.3) is 0 Å². The number of rotatable bonds is 4. The fourth-order valence-electron chi connectivity index (χ4n) is 0.681. The minimum Gasteiger partial charge on any atom is -0.390 e. The van der Waals surface area contributed by atoms with E-state index in [0.29, 0.717) is 0 Å². The van der Waals surface area contributed by atoms with Gasteiger partial charge in [-0.15, -0.1) is 0 Å². The van der Waals surface area contributed by atoms with Gasteiger partial charge in [0, 0.05) is 0 Å². The monoisotopic (exact) mass is 117 g/mol. The molecule has 0 saturated carbocycles. The molecular formula is C6H15NO+. The SMILES string of the molecule is CC[N+](CC)CCO. The maximum Gasteiger partial charge on any atom is 0.145 e. The van der Waals surface area contributed by atoms with Gasteiger partial charge >= 0.3 is 0 Å². The molecule has 0 aromatic rings. The normalized spacial score (nSPS) is 10.5. The maximum atomic E-state index is 8.46. The van der Waals surface area contributed by atoms with Crippen LogP contribution in [0, 0.1) is 0 Å². The Labute approximate surface area is 51.1 Å². The summed E-state index contributed by atoms with van der Waals surface area (Å²) in [6.45, 7) is 7.36. The lowest BCUT2D eigenvalue weighted by Crippen LogP contribution is -2.32. The fraction of sp³-hybridized carbons (Fsp3) is 1.00. The van der Waals surface area contributed by atoms with Crippen LogP contribution in [0.15, 0.2) is 0 Å². The van der Waals surface area contributed by atoms with Crippen molar-refractivity contribution in [3.63, 3.8) is 0 Å². The molecule has 0 amide bonds. The molecule has 0 saturated heterocycles. The second kappa shape index (κ2) is 5.06. The van der Waals surface area contributed by atoms with Gasteiger partial charge in [0.2, 0.25) is 0 Å². The molecule has 0 atom stereocenters. The van der Waals surface area contributed by atoms with E-state index in [1.54, 1.807) is 0 Å². The molecule has 0 aliphatic heterocycles. The highest BCUT2D eigenvalue weighted by Gasteiger charge is 2.04. The molecule has 2 heteroatoms. The number of likely N-dealkylation sites (N-methyl/N-ethyl adjacent to an activating group) is 1. The Morgan fingerprint density at radius 1 is 1.25 bits per heavy atom. The zero-order chi connectivity index (χ0) is 6.41. The van der Waals surface area contributed by atoms with Gasteiger partial charge in [-0.3, -0.25) is 0 Å². The van der Waals surface area contributed by atoms with E-state index in [9.17, 15) is 0 Å². The first-order valence-electron chi connectivity index (χ1n) is 3.18. The van der Waals surface area contributed by atoms with Crippen LogP contribution >= 0.6 is 0 Å². The second-order valence-electron chi connectivity index (χ2n) is 1.75. The van der Waals surface area contributed by atoms with Gasteiger partial charge in [0.05, 0.1) is 6.61 Å². The van der Waals surface area contributed by atoms with Crippen LogP contribution in [0.25, 0.3) is 0 Å². The van der Waals surface area contributed by atoms with Gasteiger partial charge in [0.15, 0.2) is 0 Å². The summed E-state index contributed by atoms with van der Waals surface area (Å²) in [7, 11) is 0. The van der Waals surface area contributed by atoms with Crippen LogP contribution in [-0.2, 0) is 0 Å². The maximum absolute atomic E-state index is 8.46. The number of aliphatic hydroxyl groups excluding tert-OH is 1. The quantitative estimate of drug-likeness (QED) is 0.521. The Hall–Kier alpha value is -0.0800. The Morgan fingerprint density at radius 2 is 1.75 bits per heavy atom. The molecule has 0 rings (SSSR count). The molecule has 0 unspecified atom stereocenters. The van der Waals surface area contributed by atoms with Crippen LogP contribution in [0.1, 0.15) is 13.8 Å². The van der Waals surface area contributed by atoms with Crippen molar-refractivity contribution in [2.75, 3.05) is 26.2 Å². The highest BCUT2D eigenvalue weighted by molar-refractivity contribution is 4.55. The lowest BCUT2D eigenvalue weighted by molar-refractivity contribution is 0.259. The minimum atomic E-state index is 0.279. The van der Waals surface area contributed by atoms with Crippen LogP contribution in [-0.4, -0.2) is 31.3 Å². The molecule has 0 spiro atoms. The van der Waals surface area contributed by atoms with Crippen LogP contribution in [0.2, 0.25) is 0 Å². The lowest BCUT2D eigenvalue weighted by Gasteiger charge is -2.03. The van der Waals surface area contributed by atoms with Gasteiger partial charge in [0.1, 0.15) is 19.6 Å². The van der Waals surface area contributed by atoms with Crippen molar-refractivity contribution in [3.8, 4) is 0 Å². The molecule has 1 radical (unpaired) electrons. The van der Waals surface area contributed by atoms with E-state index in [0.717, 1.165) is 19.6 Å². The van der Waals surface area contributed by atoms with Gasteiger partial charge < -0.3 is 5.11 Å². The van der Waals surface area contributed by atoms with Crippen LogP contribution < -0.4 is 4.90 Å². The molecule has 49 valence electrons. The molecule has 0 bridgehead atoms. The molecule has 0 heterocycles. The molecule has 8 heavy (non-hydrogen) atoms.